The molecule has 0 aliphatic rings. The second-order valence-corrected chi connectivity index (χ2v) is 4.99. The number of ketones is 1. The van der Waals surface area contributed by atoms with Crippen molar-refractivity contribution in [1.82, 2.24) is 0 Å². The molecule has 0 bridgehead atoms. The number of Topliss-reactive ketones (excluding diaryl/α,β-unsaturated/α-hetero) is 1. The summed E-state index contributed by atoms with van der Waals surface area (Å²) < 4.78 is 5.98. The summed E-state index contributed by atoms with van der Waals surface area (Å²) in [6.45, 7) is 2.02. The van der Waals surface area contributed by atoms with Gasteiger partial charge < -0.3 is 4.74 Å². The highest BCUT2D eigenvalue weighted by Gasteiger charge is 2.12. The summed E-state index contributed by atoms with van der Waals surface area (Å²) in [7, 11) is 0. The maximum Gasteiger partial charge on any atom is 0.163 e. The molecule has 104 valence electrons. The smallest absolute Gasteiger partial charge is 0.163 e. The average Bonchev–Trinajstić information content (AvgIpc) is 2.53. The lowest BCUT2D eigenvalue weighted by atomic mass is 10.0. The van der Waals surface area contributed by atoms with Gasteiger partial charge in [0.05, 0.1) is 5.56 Å². The minimum absolute atomic E-state index is 0.0174. The maximum absolute atomic E-state index is 11.8. The number of carbonyl (C=O) groups is 1. The Morgan fingerprint density at radius 3 is 2.38 bits per heavy atom. The zero-order valence-corrected chi connectivity index (χ0v) is 11.9. The van der Waals surface area contributed by atoms with Crippen LogP contribution < -0.4 is 4.74 Å². The van der Waals surface area contributed by atoms with Crippen molar-refractivity contribution in [3.8, 4) is 5.75 Å². The lowest BCUT2D eigenvalue weighted by molar-refractivity contribution is 0.101. The lowest BCUT2D eigenvalue weighted by Gasteiger charge is -2.13. The van der Waals surface area contributed by atoms with E-state index in [0.717, 1.165) is 16.3 Å². The zero-order chi connectivity index (χ0) is 14.7. The number of carbonyl (C=O) groups excluding carboxylic acids is 1. The first-order valence-electron chi connectivity index (χ1n) is 6.95. The van der Waals surface area contributed by atoms with Crippen molar-refractivity contribution < 1.29 is 9.53 Å². The Labute approximate surface area is 124 Å². The number of fused-ring (bicyclic) bond motifs is 1. The third-order valence-electron chi connectivity index (χ3n) is 3.48. The molecule has 2 heteroatoms. The molecule has 0 atom stereocenters. The van der Waals surface area contributed by atoms with Gasteiger partial charge in [-0.1, -0.05) is 60.7 Å². The standard InChI is InChI=1S/C19H16O2/c1-14(20)17-12-11-16-9-5-6-10-18(16)19(17)21-13-15-7-3-2-4-8-15/h2-12H,13H2,1H3. The van der Waals surface area contributed by atoms with E-state index in [2.05, 4.69) is 0 Å². The first kappa shape index (κ1) is 13.4. The van der Waals surface area contributed by atoms with Crippen LogP contribution in [0, 0.1) is 0 Å². The molecule has 2 nitrogen and oxygen atoms in total. The quantitative estimate of drug-likeness (QED) is 0.650. The molecule has 0 unspecified atom stereocenters. The summed E-state index contributed by atoms with van der Waals surface area (Å²) in [6, 6.07) is 21.7. The fourth-order valence-corrected chi connectivity index (χ4v) is 2.41. The van der Waals surface area contributed by atoms with Gasteiger partial charge in [0.1, 0.15) is 12.4 Å². The Bertz CT molecular complexity index is 776. The molecule has 0 N–H and O–H groups in total. The first-order chi connectivity index (χ1) is 10.3. The van der Waals surface area contributed by atoms with Crippen molar-refractivity contribution in [2.75, 3.05) is 0 Å². The van der Waals surface area contributed by atoms with Crippen molar-refractivity contribution in [1.29, 1.82) is 0 Å². The second kappa shape index (κ2) is 5.80. The molecule has 0 aromatic heterocycles. The fraction of sp³-hybridized carbons (Fsp3) is 0.105. The Balaban J connectivity index is 2.02. The van der Waals surface area contributed by atoms with Gasteiger partial charge in [0.2, 0.25) is 0 Å². The van der Waals surface area contributed by atoms with Crippen LogP contribution in [0.4, 0.5) is 0 Å². The van der Waals surface area contributed by atoms with Gasteiger partial charge in [0.25, 0.3) is 0 Å². The minimum atomic E-state index is 0.0174. The molecular formula is C19H16O2. The largest absolute Gasteiger partial charge is 0.487 e. The Hall–Kier alpha value is -2.61. The van der Waals surface area contributed by atoms with Crippen LogP contribution in [0.25, 0.3) is 10.8 Å². The summed E-state index contributed by atoms with van der Waals surface area (Å²) in [5.41, 5.74) is 1.71. The van der Waals surface area contributed by atoms with Gasteiger partial charge in [-0.2, -0.15) is 0 Å². The predicted molar refractivity (Wildman–Crippen MR) is 84.7 cm³/mol. The number of ether oxygens (including phenoxy) is 1. The van der Waals surface area contributed by atoms with Gasteiger partial charge in [0.15, 0.2) is 5.78 Å². The third-order valence-corrected chi connectivity index (χ3v) is 3.48. The van der Waals surface area contributed by atoms with E-state index < -0.39 is 0 Å². The van der Waals surface area contributed by atoms with E-state index >= 15 is 0 Å². The van der Waals surface area contributed by atoms with E-state index in [1.165, 1.54) is 0 Å². The molecule has 0 aliphatic heterocycles. The Morgan fingerprint density at radius 1 is 0.905 bits per heavy atom. The van der Waals surface area contributed by atoms with Crippen LogP contribution >= 0.6 is 0 Å². The van der Waals surface area contributed by atoms with Gasteiger partial charge in [-0.15, -0.1) is 0 Å². The number of rotatable bonds is 4. The van der Waals surface area contributed by atoms with Gasteiger partial charge in [0, 0.05) is 5.39 Å². The molecule has 21 heavy (non-hydrogen) atoms. The van der Waals surface area contributed by atoms with Crippen LogP contribution in [0.15, 0.2) is 66.7 Å². The summed E-state index contributed by atoms with van der Waals surface area (Å²) >= 11 is 0. The van der Waals surface area contributed by atoms with Crippen molar-refractivity contribution in [2.45, 2.75) is 13.5 Å². The maximum atomic E-state index is 11.8. The predicted octanol–water partition coefficient (Wildman–Crippen LogP) is 4.62. The summed E-state index contributed by atoms with van der Waals surface area (Å²) in [6.07, 6.45) is 0. The highest BCUT2D eigenvalue weighted by molar-refractivity contribution is 6.03. The van der Waals surface area contributed by atoms with Crippen LogP contribution in [-0.2, 0) is 6.61 Å². The Kier molecular flexibility index (Phi) is 3.69. The molecule has 3 aromatic rings. The molecule has 0 heterocycles. The molecule has 0 spiro atoms. The van der Waals surface area contributed by atoms with Crippen molar-refractivity contribution >= 4 is 16.6 Å². The second-order valence-electron chi connectivity index (χ2n) is 4.99. The number of benzene rings is 3. The number of hydrogen-bond donors (Lipinski definition) is 0. The van der Waals surface area contributed by atoms with E-state index in [-0.39, 0.29) is 5.78 Å². The van der Waals surface area contributed by atoms with Crippen LogP contribution in [0.5, 0.6) is 5.75 Å². The number of hydrogen-bond acceptors (Lipinski definition) is 2. The minimum Gasteiger partial charge on any atom is -0.487 e. The molecule has 0 amide bonds. The van der Waals surface area contributed by atoms with Crippen LogP contribution in [0.1, 0.15) is 22.8 Å². The van der Waals surface area contributed by atoms with Gasteiger partial charge in [-0.05, 0) is 23.9 Å². The molecular weight excluding hydrogens is 260 g/mol. The lowest BCUT2D eigenvalue weighted by Crippen LogP contribution is -2.02. The fourth-order valence-electron chi connectivity index (χ4n) is 2.41. The summed E-state index contributed by atoms with van der Waals surface area (Å²) in [4.78, 5) is 11.8. The Morgan fingerprint density at radius 2 is 1.62 bits per heavy atom. The van der Waals surface area contributed by atoms with E-state index in [9.17, 15) is 4.79 Å². The molecule has 0 fully saturated rings. The molecule has 0 aliphatic carbocycles. The molecule has 3 aromatic carbocycles. The van der Waals surface area contributed by atoms with Gasteiger partial charge >= 0.3 is 0 Å². The van der Waals surface area contributed by atoms with Gasteiger partial charge in [-0.25, -0.2) is 0 Å². The molecule has 0 radical (unpaired) electrons. The van der Waals surface area contributed by atoms with E-state index in [4.69, 9.17) is 4.74 Å². The van der Waals surface area contributed by atoms with E-state index in [1.54, 1.807) is 6.92 Å². The summed E-state index contributed by atoms with van der Waals surface area (Å²) in [5.74, 6) is 0.688. The van der Waals surface area contributed by atoms with Crippen molar-refractivity contribution in [3.63, 3.8) is 0 Å². The monoisotopic (exact) mass is 276 g/mol. The highest BCUT2D eigenvalue weighted by Crippen LogP contribution is 2.31. The highest BCUT2D eigenvalue weighted by atomic mass is 16.5. The topological polar surface area (TPSA) is 26.3 Å². The van der Waals surface area contributed by atoms with Crippen LogP contribution in [0.3, 0.4) is 0 Å². The van der Waals surface area contributed by atoms with Gasteiger partial charge in [-0.3, -0.25) is 4.79 Å². The zero-order valence-electron chi connectivity index (χ0n) is 11.9. The SMILES string of the molecule is CC(=O)c1ccc2ccccc2c1OCc1ccccc1. The summed E-state index contributed by atoms with van der Waals surface area (Å²) in [5, 5.41) is 2.05. The van der Waals surface area contributed by atoms with Crippen LogP contribution in [-0.4, -0.2) is 5.78 Å². The molecule has 3 rings (SSSR count). The molecule has 0 saturated carbocycles. The third kappa shape index (κ3) is 2.79. The normalized spacial score (nSPS) is 10.5. The average molecular weight is 276 g/mol. The first-order valence-corrected chi connectivity index (χ1v) is 6.95. The molecule has 0 saturated heterocycles. The van der Waals surface area contributed by atoms with E-state index in [1.807, 2.05) is 66.7 Å². The van der Waals surface area contributed by atoms with E-state index in [0.29, 0.717) is 17.9 Å². The van der Waals surface area contributed by atoms with Crippen molar-refractivity contribution in [2.24, 2.45) is 0 Å². The van der Waals surface area contributed by atoms with Crippen molar-refractivity contribution in [3.05, 3.63) is 77.9 Å². The van der Waals surface area contributed by atoms with Crippen LogP contribution in [0.2, 0.25) is 0 Å².